The molecule has 0 aliphatic carbocycles. The van der Waals surface area contributed by atoms with Crippen LogP contribution in [0.5, 0.6) is 11.5 Å². The van der Waals surface area contributed by atoms with Crippen LogP contribution in [-0.2, 0) is 14.2 Å². The Morgan fingerprint density at radius 1 is 0.862 bits per heavy atom. The van der Waals surface area contributed by atoms with Crippen molar-refractivity contribution >= 4 is 43.8 Å². The average Bonchev–Trinajstić information content (AvgIpc) is 2.73. The highest BCUT2D eigenvalue weighted by Gasteiger charge is 2.09. The van der Waals surface area contributed by atoms with E-state index >= 15 is 0 Å². The average molecular weight is 534 g/mol. The molecule has 0 spiro atoms. The maximum atomic E-state index is 11.3. The second-order valence-electron chi connectivity index (χ2n) is 5.49. The van der Waals surface area contributed by atoms with Crippen LogP contribution in [0.3, 0.4) is 0 Å². The fourth-order valence-electron chi connectivity index (χ4n) is 2.00. The Morgan fingerprint density at radius 3 is 1.93 bits per heavy atom. The number of phenols is 1. The van der Waals surface area contributed by atoms with Crippen LogP contribution in [0.4, 0.5) is 0 Å². The Labute approximate surface area is 186 Å². The lowest BCUT2D eigenvalue weighted by Gasteiger charge is -2.09. The van der Waals surface area contributed by atoms with E-state index in [9.17, 15) is 14.7 Å². The lowest BCUT2D eigenvalue weighted by molar-refractivity contribution is 0.0591. The SMILES string of the molecule is COC(=O)c1ccc(Br)c(O)c1.COCCCOc1cc(C(=O)OC)ccc1Br. The summed E-state index contributed by atoms with van der Waals surface area (Å²) in [6.45, 7) is 1.19. The van der Waals surface area contributed by atoms with Crippen LogP contribution in [0, 0.1) is 0 Å². The molecule has 0 heterocycles. The quantitative estimate of drug-likeness (QED) is 0.411. The summed E-state index contributed by atoms with van der Waals surface area (Å²) in [5, 5.41) is 9.19. The van der Waals surface area contributed by atoms with Gasteiger partial charge in [0.25, 0.3) is 0 Å². The van der Waals surface area contributed by atoms with Gasteiger partial charge in [-0.3, -0.25) is 0 Å². The molecule has 0 unspecified atom stereocenters. The number of rotatable bonds is 7. The smallest absolute Gasteiger partial charge is 0.337 e. The highest BCUT2D eigenvalue weighted by Crippen LogP contribution is 2.26. The molecule has 1 N–H and O–H groups in total. The van der Waals surface area contributed by atoms with Crippen molar-refractivity contribution in [2.75, 3.05) is 34.5 Å². The number of carbonyl (C=O) groups is 2. The predicted molar refractivity (Wildman–Crippen MR) is 115 cm³/mol. The summed E-state index contributed by atoms with van der Waals surface area (Å²) in [6, 6.07) is 9.59. The Balaban J connectivity index is 0.000000308. The third kappa shape index (κ3) is 8.43. The molecule has 0 saturated carbocycles. The summed E-state index contributed by atoms with van der Waals surface area (Å²) in [7, 11) is 4.29. The topological polar surface area (TPSA) is 91.3 Å². The van der Waals surface area contributed by atoms with Crippen molar-refractivity contribution in [2.45, 2.75) is 6.42 Å². The number of esters is 2. The molecule has 0 aliphatic rings. The maximum absolute atomic E-state index is 11.3. The lowest BCUT2D eigenvalue weighted by Crippen LogP contribution is -2.04. The van der Waals surface area contributed by atoms with Crippen LogP contribution >= 0.6 is 31.9 Å². The van der Waals surface area contributed by atoms with E-state index in [0.717, 1.165) is 10.9 Å². The molecule has 0 aromatic heterocycles. The van der Waals surface area contributed by atoms with Crippen molar-refractivity contribution in [1.29, 1.82) is 0 Å². The highest BCUT2D eigenvalue weighted by molar-refractivity contribution is 9.10. The van der Waals surface area contributed by atoms with Gasteiger partial charge in [0.15, 0.2) is 0 Å². The Morgan fingerprint density at radius 2 is 1.41 bits per heavy atom. The van der Waals surface area contributed by atoms with Gasteiger partial charge in [-0.15, -0.1) is 0 Å². The molecule has 0 fully saturated rings. The molecule has 0 atom stereocenters. The monoisotopic (exact) mass is 532 g/mol. The molecule has 2 aromatic rings. The molecule has 9 heteroatoms. The molecular weight excluding hydrogens is 512 g/mol. The molecule has 0 bridgehead atoms. The minimum Gasteiger partial charge on any atom is -0.507 e. The molecule has 0 saturated heterocycles. The summed E-state index contributed by atoms with van der Waals surface area (Å²) in [4.78, 5) is 22.3. The summed E-state index contributed by atoms with van der Waals surface area (Å²) in [5.41, 5.74) is 0.802. The number of methoxy groups -OCH3 is 3. The standard InChI is InChI=1S/C12H15BrO4.C8H7BrO3/c1-15-6-3-7-17-11-8-9(12(14)16-2)4-5-10(11)13;1-12-8(11)5-2-3-6(9)7(10)4-5/h4-5,8H,3,6-7H2,1-2H3;2-4,10H,1H3. The van der Waals surface area contributed by atoms with E-state index < -0.39 is 5.97 Å². The first kappa shape index (κ1) is 24.9. The van der Waals surface area contributed by atoms with E-state index in [1.165, 1.54) is 20.3 Å². The van der Waals surface area contributed by atoms with E-state index in [2.05, 4.69) is 41.3 Å². The predicted octanol–water partition coefficient (Wildman–Crippen LogP) is 4.59. The largest absolute Gasteiger partial charge is 0.507 e. The Bertz CT molecular complexity index is 824. The van der Waals surface area contributed by atoms with Gasteiger partial charge in [0.05, 0.1) is 40.9 Å². The van der Waals surface area contributed by atoms with E-state index in [4.69, 9.17) is 9.47 Å². The number of ether oxygens (including phenoxy) is 4. The van der Waals surface area contributed by atoms with Crippen molar-refractivity contribution in [1.82, 2.24) is 0 Å². The van der Waals surface area contributed by atoms with E-state index in [0.29, 0.717) is 34.6 Å². The van der Waals surface area contributed by atoms with Crippen molar-refractivity contribution in [3.05, 3.63) is 56.5 Å². The van der Waals surface area contributed by atoms with Crippen LogP contribution in [0.2, 0.25) is 0 Å². The minimum atomic E-state index is -0.460. The van der Waals surface area contributed by atoms with E-state index in [1.807, 2.05) is 0 Å². The summed E-state index contributed by atoms with van der Waals surface area (Å²) < 4.78 is 20.9. The molecule has 0 aliphatic heterocycles. The number of carbonyl (C=O) groups excluding carboxylic acids is 2. The van der Waals surface area contributed by atoms with Crippen molar-refractivity contribution < 1.29 is 33.6 Å². The van der Waals surface area contributed by atoms with Gasteiger partial charge in [0, 0.05) is 20.1 Å². The summed E-state index contributed by atoms with van der Waals surface area (Å²) >= 11 is 6.46. The number of phenolic OH excluding ortho intramolecular Hbond substituents is 1. The van der Waals surface area contributed by atoms with Crippen LogP contribution in [-0.4, -0.2) is 51.6 Å². The molecule has 2 aromatic carbocycles. The third-order valence-electron chi connectivity index (χ3n) is 3.47. The number of aromatic hydroxyl groups is 1. The van der Waals surface area contributed by atoms with Crippen LogP contribution < -0.4 is 4.74 Å². The van der Waals surface area contributed by atoms with Crippen molar-refractivity contribution in [3.63, 3.8) is 0 Å². The van der Waals surface area contributed by atoms with Crippen molar-refractivity contribution in [2.24, 2.45) is 0 Å². The Kier molecular flexibility index (Phi) is 11.3. The summed E-state index contributed by atoms with van der Waals surface area (Å²) in [5.74, 6) is -0.182. The van der Waals surface area contributed by atoms with E-state index in [1.54, 1.807) is 37.4 Å². The second kappa shape index (κ2) is 13.2. The first-order valence-electron chi connectivity index (χ1n) is 8.40. The van der Waals surface area contributed by atoms with Crippen LogP contribution in [0.25, 0.3) is 0 Å². The van der Waals surface area contributed by atoms with Gasteiger partial charge in [-0.1, -0.05) is 0 Å². The molecular formula is C20H22Br2O7. The second-order valence-corrected chi connectivity index (χ2v) is 7.20. The zero-order valence-electron chi connectivity index (χ0n) is 16.2. The normalized spacial score (nSPS) is 9.83. The number of benzene rings is 2. The number of hydrogen-bond acceptors (Lipinski definition) is 7. The van der Waals surface area contributed by atoms with Crippen LogP contribution in [0.1, 0.15) is 27.1 Å². The minimum absolute atomic E-state index is 0.0258. The fourth-order valence-corrected chi connectivity index (χ4v) is 2.61. The molecule has 2 rings (SSSR count). The molecule has 0 radical (unpaired) electrons. The molecule has 29 heavy (non-hydrogen) atoms. The van der Waals surface area contributed by atoms with Gasteiger partial charge in [-0.25, -0.2) is 9.59 Å². The van der Waals surface area contributed by atoms with Gasteiger partial charge in [-0.2, -0.15) is 0 Å². The zero-order valence-corrected chi connectivity index (χ0v) is 19.4. The third-order valence-corrected chi connectivity index (χ3v) is 4.80. The van der Waals surface area contributed by atoms with Gasteiger partial charge >= 0.3 is 11.9 Å². The number of hydrogen-bond donors (Lipinski definition) is 1. The highest BCUT2D eigenvalue weighted by atomic mass is 79.9. The molecule has 158 valence electrons. The van der Waals surface area contributed by atoms with Crippen LogP contribution in [0.15, 0.2) is 45.3 Å². The van der Waals surface area contributed by atoms with Gasteiger partial charge < -0.3 is 24.1 Å². The first-order valence-corrected chi connectivity index (χ1v) is 9.99. The summed E-state index contributed by atoms with van der Waals surface area (Å²) in [6.07, 6.45) is 0.797. The maximum Gasteiger partial charge on any atom is 0.337 e. The lowest BCUT2D eigenvalue weighted by atomic mass is 10.2. The first-order chi connectivity index (χ1) is 13.8. The number of halogens is 2. The van der Waals surface area contributed by atoms with Gasteiger partial charge in [0.1, 0.15) is 11.5 Å². The van der Waals surface area contributed by atoms with Gasteiger partial charge in [0.2, 0.25) is 0 Å². The van der Waals surface area contributed by atoms with E-state index in [-0.39, 0.29) is 11.7 Å². The van der Waals surface area contributed by atoms with Gasteiger partial charge in [-0.05, 0) is 68.3 Å². The molecule has 0 amide bonds. The zero-order chi connectivity index (χ0) is 21.8. The molecule has 7 nitrogen and oxygen atoms in total. The van der Waals surface area contributed by atoms with Crippen molar-refractivity contribution in [3.8, 4) is 11.5 Å². The fraction of sp³-hybridized carbons (Fsp3) is 0.300. The Hall–Kier alpha value is -2.10.